The molecule has 4 heterocycles. The van der Waals surface area contributed by atoms with Crippen LogP contribution in [0.3, 0.4) is 0 Å². The van der Waals surface area contributed by atoms with Crippen molar-refractivity contribution in [1.29, 1.82) is 0 Å². The van der Waals surface area contributed by atoms with Gasteiger partial charge in [-0.2, -0.15) is 4.98 Å². The number of pyridine rings is 1. The Morgan fingerprint density at radius 1 is 1.40 bits per heavy atom. The van der Waals surface area contributed by atoms with Gasteiger partial charge in [0.1, 0.15) is 5.65 Å². The van der Waals surface area contributed by atoms with Crippen LogP contribution in [-0.4, -0.2) is 33.3 Å². The largest absolute Gasteiger partial charge is 0.381 e. The average Bonchev–Trinajstić information content (AvgIpc) is 3.19. The molecule has 20 heavy (non-hydrogen) atoms. The molecule has 0 bridgehead atoms. The van der Waals surface area contributed by atoms with E-state index in [2.05, 4.69) is 20.1 Å². The van der Waals surface area contributed by atoms with Crippen LogP contribution in [0.5, 0.6) is 0 Å². The van der Waals surface area contributed by atoms with E-state index in [0.717, 1.165) is 35.4 Å². The SMILES string of the molecule is c1cnc2[nH]cc(Cc3nc([C@H]4CCOC4)no3)c2c1. The summed E-state index contributed by atoms with van der Waals surface area (Å²) in [6, 6.07) is 3.96. The number of ether oxygens (including phenoxy) is 1. The second kappa shape index (κ2) is 4.72. The van der Waals surface area contributed by atoms with Gasteiger partial charge in [-0.15, -0.1) is 0 Å². The minimum Gasteiger partial charge on any atom is -0.381 e. The molecule has 1 aliphatic heterocycles. The van der Waals surface area contributed by atoms with E-state index in [1.165, 1.54) is 0 Å². The van der Waals surface area contributed by atoms with E-state index in [4.69, 9.17) is 9.26 Å². The third-order valence-electron chi connectivity index (χ3n) is 3.66. The van der Waals surface area contributed by atoms with Crippen molar-refractivity contribution in [1.82, 2.24) is 20.1 Å². The fourth-order valence-electron chi connectivity index (χ4n) is 2.57. The van der Waals surface area contributed by atoms with Crippen LogP contribution in [0.25, 0.3) is 11.0 Å². The van der Waals surface area contributed by atoms with Crippen molar-refractivity contribution < 1.29 is 9.26 Å². The Morgan fingerprint density at radius 3 is 3.30 bits per heavy atom. The van der Waals surface area contributed by atoms with Gasteiger partial charge in [0.05, 0.1) is 13.0 Å². The highest BCUT2D eigenvalue weighted by Gasteiger charge is 2.23. The van der Waals surface area contributed by atoms with E-state index < -0.39 is 0 Å². The molecule has 0 saturated carbocycles. The number of fused-ring (bicyclic) bond motifs is 1. The summed E-state index contributed by atoms with van der Waals surface area (Å²) in [5.41, 5.74) is 2.00. The first kappa shape index (κ1) is 11.6. The van der Waals surface area contributed by atoms with E-state index in [1.807, 2.05) is 18.3 Å². The molecular weight excluding hydrogens is 256 g/mol. The lowest BCUT2D eigenvalue weighted by Crippen LogP contribution is -2.00. The molecule has 3 aromatic rings. The molecule has 6 nitrogen and oxygen atoms in total. The Kier molecular flexibility index (Phi) is 2.74. The molecule has 4 rings (SSSR count). The monoisotopic (exact) mass is 270 g/mol. The average molecular weight is 270 g/mol. The van der Waals surface area contributed by atoms with Gasteiger partial charge >= 0.3 is 0 Å². The first-order valence-electron chi connectivity index (χ1n) is 6.71. The minimum absolute atomic E-state index is 0.275. The van der Waals surface area contributed by atoms with E-state index >= 15 is 0 Å². The van der Waals surface area contributed by atoms with E-state index in [9.17, 15) is 0 Å². The normalized spacial score (nSPS) is 18.9. The molecule has 0 aromatic carbocycles. The third kappa shape index (κ3) is 1.98. The molecule has 0 aliphatic carbocycles. The molecule has 1 aliphatic rings. The summed E-state index contributed by atoms with van der Waals surface area (Å²) >= 11 is 0. The van der Waals surface area contributed by atoms with Crippen LogP contribution in [-0.2, 0) is 11.2 Å². The van der Waals surface area contributed by atoms with Crippen LogP contribution in [0.1, 0.15) is 29.6 Å². The lowest BCUT2D eigenvalue weighted by Gasteiger charge is -1.97. The van der Waals surface area contributed by atoms with Crippen LogP contribution in [0, 0.1) is 0 Å². The molecule has 1 N–H and O–H groups in total. The van der Waals surface area contributed by atoms with Crippen LogP contribution in [0.15, 0.2) is 29.0 Å². The summed E-state index contributed by atoms with van der Waals surface area (Å²) in [6.45, 7) is 1.47. The van der Waals surface area contributed by atoms with Gasteiger partial charge in [-0.3, -0.25) is 0 Å². The van der Waals surface area contributed by atoms with Crippen LogP contribution in [0.2, 0.25) is 0 Å². The number of aromatic amines is 1. The quantitative estimate of drug-likeness (QED) is 0.788. The number of rotatable bonds is 3. The molecule has 1 atom stereocenters. The highest BCUT2D eigenvalue weighted by atomic mass is 16.5. The summed E-state index contributed by atoms with van der Waals surface area (Å²) in [5, 5.41) is 5.16. The number of hydrogen-bond donors (Lipinski definition) is 1. The van der Waals surface area contributed by atoms with Gasteiger partial charge in [0, 0.05) is 30.3 Å². The number of H-pyrrole nitrogens is 1. The maximum absolute atomic E-state index is 5.35. The molecule has 0 radical (unpaired) electrons. The van der Waals surface area contributed by atoms with Crippen molar-refractivity contribution in [2.45, 2.75) is 18.8 Å². The second-order valence-corrected chi connectivity index (χ2v) is 5.00. The maximum atomic E-state index is 5.35. The minimum atomic E-state index is 0.275. The van der Waals surface area contributed by atoms with Gasteiger partial charge < -0.3 is 14.2 Å². The van der Waals surface area contributed by atoms with E-state index in [-0.39, 0.29) is 5.92 Å². The third-order valence-corrected chi connectivity index (χ3v) is 3.66. The molecular formula is C14H14N4O2. The van der Waals surface area contributed by atoms with Crippen LogP contribution < -0.4 is 0 Å². The fraction of sp³-hybridized carbons (Fsp3) is 0.357. The number of nitrogens with zero attached hydrogens (tertiary/aromatic N) is 3. The van der Waals surface area contributed by atoms with Crippen LogP contribution >= 0.6 is 0 Å². The van der Waals surface area contributed by atoms with Gasteiger partial charge in [-0.1, -0.05) is 5.16 Å². The highest BCUT2D eigenvalue weighted by Crippen LogP contribution is 2.24. The first-order chi connectivity index (χ1) is 9.90. The Morgan fingerprint density at radius 2 is 2.40 bits per heavy atom. The van der Waals surface area contributed by atoms with Crippen molar-refractivity contribution in [3.8, 4) is 0 Å². The summed E-state index contributed by atoms with van der Waals surface area (Å²) in [5.74, 6) is 1.67. The lowest BCUT2D eigenvalue weighted by molar-refractivity contribution is 0.192. The molecule has 6 heteroatoms. The van der Waals surface area contributed by atoms with E-state index in [0.29, 0.717) is 18.9 Å². The predicted molar refractivity (Wildman–Crippen MR) is 71.4 cm³/mol. The van der Waals surface area contributed by atoms with Crippen molar-refractivity contribution in [2.24, 2.45) is 0 Å². The maximum Gasteiger partial charge on any atom is 0.231 e. The Labute approximate surface area is 115 Å². The Bertz CT molecular complexity index is 727. The molecule has 102 valence electrons. The van der Waals surface area contributed by atoms with Gasteiger partial charge in [0.2, 0.25) is 5.89 Å². The fourth-order valence-corrected chi connectivity index (χ4v) is 2.57. The van der Waals surface area contributed by atoms with Crippen molar-refractivity contribution in [2.75, 3.05) is 13.2 Å². The van der Waals surface area contributed by atoms with Gasteiger partial charge in [-0.25, -0.2) is 4.98 Å². The van der Waals surface area contributed by atoms with Crippen molar-refractivity contribution in [3.05, 3.63) is 41.8 Å². The highest BCUT2D eigenvalue weighted by molar-refractivity contribution is 5.79. The molecule has 1 saturated heterocycles. The topological polar surface area (TPSA) is 76.8 Å². The zero-order valence-electron chi connectivity index (χ0n) is 10.9. The second-order valence-electron chi connectivity index (χ2n) is 5.00. The lowest BCUT2D eigenvalue weighted by atomic mass is 10.1. The van der Waals surface area contributed by atoms with Crippen molar-refractivity contribution >= 4 is 11.0 Å². The zero-order chi connectivity index (χ0) is 13.4. The molecule has 0 amide bonds. The number of nitrogens with one attached hydrogen (secondary N) is 1. The molecule has 1 fully saturated rings. The molecule has 3 aromatic heterocycles. The number of hydrogen-bond acceptors (Lipinski definition) is 5. The summed E-state index contributed by atoms with van der Waals surface area (Å²) in [4.78, 5) is 11.9. The number of aromatic nitrogens is 4. The summed E-state index contributed by atoms with van der Waals surface area (Å²) < 4.78 is 10.7. The Hall–Kier alpha value is -2.21. The molecule has 0 unspecified atom stereocenters. The smallest absolute Gasteiger partial charge is 0.231 e. The molecule has 0 spiro atoms. The standard InChI is InChI=1S/C14H14N4O2/c1-2-11-10(7-16-14(11)15-4-1)6-12-17-13(18-20-12)9-3-5-19-8-9/h1-2,4,7,9H,3,5-6,8H2,(H,15,16)/t9-/m0/s1. The van der Waals surface area contributed by atoms with Gasteiger partial charge in [0.15, 0.2) is 5.82 Å². The van der Waals surface area contributed by atoms with Gasteiger partial charge in [-0.05, 0) is 24.1 Å². The van der Waals surface area contributed by atoms with E-state index in [1.54, 1.807) is 6.20 Å². The first-order valence-corrected chi connectivity index (χ1v) is 6.71. The zero-order valence-corrected chi connectivity index (χ0v) is 10.9. The summed E-state index contributed by atoms with van der Waals surface area (Å²) in [6.07, 6.45) is 5.30. The van der Waals surface area contributed by atoms with Crippen molar-refractivity contribution in [3.63, 3.8) is 0 Å². The summed E-state index contributed by atoms with van der Waals surface area (Å²) in [7, 11) is 0. The van der Waals surface area contributed by atoms with Crippen LogP contribution in [0.4, 0.5) is 0 Å². The Balaban J connectivity index is 1.59. The predicted octanol–water partition coefficient (Wildman–Crippen LogP) is 2.04. The van der Waals surface area contributed by atoms with Gasteiger partial charge in [0.25, 0.3) is 0 Å².